The van der Waals surface area contributed by atoms with E-state index in [0.717, 1.165) is 41.7 Å². The van der Waals surface area contributed by atoms with E-state index in [1.807, 2.05) is 16.7 Å². The Hall–Kier alpha value is -1.41. The van der Waals surface area contributed by atoms with Crippen LogP contribution in [0.5, 0.6) is 0 Å². The summed E-state index contributed by atoms with van der Waals surface area (Å²) in [5, 5.41) is 9.87. The summed E-state index contributed by atoms with van der Waals surface area (Å²) in [4.78, 5) is 26.4. The van der Waals surface area contributed by atoms with Crippen LogP contribution in [0.4, 0.5) is 0 Å². The molecule has 24 heavy (non-hydrogen) atoms. The Balaban J connectivity index is 2.05. The van der Waals surface area contributed by atoms with E-state index in [0.29, 0.717) is 11.3 Å². The summed E-state index contributed by atoms with van der Waals surface area (Å²) in [6, 6.07) is 5.66. The second-order valence-electron chi connectivity index (χ2n) is 6.39. The lowest BCUT2D eigenvalue weighted by atomic mass is 9.97. The number of pyridine rings is 1. The van der Waals surface area contributed by atoms with E-state index in [1.165, 1.54) is 12.6 Å². The van der Waals surface area contributed by atoms with Crippen LogP contribution in [0.2, 0.25) is 0 Å². The first-order valence-corrected chi connectivity index (χ1v) is 9.35. The number of rotatable bonds is 4. The van der Waals surface area contributed by atoms with Crippen molar-refractivity contribution in [2.45, 2.75) is 26.3 Å². The monoisotopic (exact) mass is 440 g/mol. The van der Waals surface area contributed by atoms with Crippen molar-refractivity contribution < 1.29 is 9.90 Å². The van der Waals surface area contributed by atoms with Crippen molar-refractivity contribution in [3.63, 3.8) is 0 Å². The van der Waals surface area contributed by atoms with Crippen molar-refractivity contribution in [2.75, 3.05) is 19.6 Å². The molecule has 0 amide bonds. The highest BCUT2D eigenvalue weighted by Gasteiger charge is 2.21. The molecule has 1 aliphatic rings. The number of hydrogen-bond donors (Lipinski definition) is 1. The Kier molecular flexibility index (Phi) is 5.24. The summed E-state index contributed by atoms with van der Waals surface area (Å²) in [5.74, 6) is -0.682. The summed E-state index contributed by atoms with van der Waals surface area (Å²) in [5.41, 5.74) is 0.276. The van der Waals surface area contributed by atoms with Gasteiger partial charge in [-0.05, 0) is 72.6 Å². The number of benzene rings is 1. The third kappa shape index (κ3) is 3.49. The van der Waals surface area contributed by atoms with Gasteiger partial charge in [0, 0.05) is 28.2 Å². The normalized spacial score (nSPS) is 18.8. The molecule has 1 aromatic carbocycles. The molecule has 2 aromatic rings. The van der Waals surface area contributed by atoms with Gasteiger partial charge in [-0.1, -0.05) is 6.92 Å². The minimum atomic E-state index is -1.16. The zero-order valence-corrected chi connectivity index (χ0v) is 15.8. The average Bonchev–Trinajstić information content (AvgIpc) is 2.57. The summed E-state index contributed by atoms with van der Waals surface area (Å²) in [7, 11) is 0. The maximum Gasteiger partial charge on any atom is 0.341 e. The quantitative estimate of drug-likeness (QED) is 0.743. The van der Waals surface area contributed by atoms with E-state index in [4.69, 9.17) is 0 Å². The molecule has 1 unspecified atom stereocenters. The lowest BCUT2D eigenvalue weighted by molar-refractivity contribution is 0.0694. The fraction of sp³-hybridized carbons (Fsp3) is 0.444. The van der Waals surface area contributed by atoms with Crippen molar-refractivity contribution in [2.24, 2.45) is 5.92 Å². The molecule has 3 rings (SSSR count). The molecule has 0 bridgehead atoms. The Bertz CT molecular complexity index is 831. The molecule has 1 aromatic heterocycles. The van der Waals surface area contributed by atoms with E-state index >= 15 is 0 Å². The number of nitrogens with zero attached hydrogens (tertiary/aromatic N) is 2. The average molecular weight is 440 g/mol. The molecular formula is C18H21IN2O3. The van der Waals surface area contributed by atoms with Crippen molar-refractivity contribution in [1.29, 1.82) is 0 Å². The molecule has 5 nitrogen and oxygen atoms in total. The molecule has 0 saturated carbocycles. The van der Waals surface area contributed by atoms with E-state index in [9.17, 15) is 14.7 Å². The Morgan fingerprint density at radius 1 is 1.42 bits per heavy atom. The first-order valence-electron chi connectivity index (χ1n) is 8.28. The van der Waals surface area contributed by atoms with Gasteiger partial charge in [-0.2, -0.15) is 0 Å². The number of hydrogen-bond acceptors (Lipinski definition) is 3. The number of piperidine rings is 1. The standard InChI is InChI=1S/C18H21IN2O3/c1-2-20-7-3-4-12(9-20)10-21-11-15(18(23)24)17(22)14-8-13(19)5-6-16(14)21/h5-6,8,11-12H,2-4,7,9-10H2,1H3,(H,23,24). The number of carbonyl (C=O) groups is 1. The number of likely N-dealkylation sites (tertiary alicyclic amines) is 1. The highest BCUT2D eigenvalue weighted by Crippen LogP contribution is 2.22. The molecule has 128 valence electrons. The fourth-order valence-electron chi connectivity index (χ4n) is 3.54. The predicted molar refractivity (Wildman–Crippen MR) is 103 cm³/mol. The lowest BCUT2D eigenvalue weighted by Crippen LogP contribution is -2.37. The summed E-state index contributed by atoms with van der Waals surface area (Å²) in [6.45, 7) is 6.11. The van der Waals surface area contributed by atoms with Crippen molar-refractivity contribution in [3.05, 3.63) is 43.8 Å². The van der Waals surface area contributed by atoms with Gasteiger partial charge in [0.05, 0.1) is 5.52 Å². The van der Waals surface area contributed by atoms with Gasteiger partial charge in [-0.25, -0.2) is 4.79 Å². The molecule has 0 radical (unpaired) electrons. The molecule has 0 spiro atoms. The number of halogens is 1. The van der Waals surface area contributed by atoms with Crippen molar-refractivity contribution in [1.82, 2.24) is 9.47 Å². The van der Waals surface area contributed by atoms with E-state index in [1.54, 1.807) is 6.07 Å². The van der Waals surface area contributed by atoms with Gasteiger partial charge < -0.3 is 14.6 Å². The predicted octanol–water partition coefficient (Wildman–Crippen LogP) is 3.04. The number of carboxylic acid groups (broad SMARTS) is 1. The van der Waals surface area contributed by atoms with Crippen molar-refractivity contribution in [3.8, 4) is 0 Å². The number of carboxylic acids is 1. The molecule has 1 saturated heterocycles. The molecule has 1 N–H and O–H groups in total. The van der Waals surface area contributed by atoms with E-state index in [2.05, 4.69) is 34.4 Å². The largest absolute Gasteiger partial charge is 0.477 e. The highest BCUT2D eigenvalue weighted by molar-refractivity contribution is 14.1. The Labute approximate surface area is 154 Å². The molecule has 6 heteroatoms. The maximum absolute atomic E-state index is 12.5. The summed E-state index contributed by atoms with van der Waals surface area (Å²) in [6.07, 6.45) is 3.82. The number of aromatic carboxylic acids is 1. The topological polar surface area (TPSA) is 62.5 Å². The third-order valence-electron chi connectivity index (χ3n) is 4.78. The van der Waals surface area contributed by atoms with Crippen molar-refractivity contribution >= 4 is 39.5 Å². The molecular weight excluding hydrogens is 419 g/mol. The van der Waals surface area contributed by atoms with Gasteiger partial charge in [-0.15, -0.1) is 0 Å². The first-order chi connectivity index (χ1) is 11.5. The number of fused-ring (bicyclic) bond motifs is 1. The Morgan fingerprint density at radius 2 is 2.21 bits per heavy atom. The SMILES string of the molecule is CCN1CCCC(Cn2cc(C(=O)O)c(=O)c3cc(I)ccc32)C1. The van der Waals surface area contributed by atoms with Crippen LogP contribution in [-0.4, -0.2) is 40.2 Å². The van der Waals surface area contributed by atoms with Gasteiger partial charge in [0.2, 0.25) is 5.43 Å². The molecule has 1 fully saturated rings. The lowest BCUT2D eigenvalue weighted by Gasteiger charge is -2.32. The zero-order chi connectivity index (χ0) is 17.3. The van der Waals surface area contributed by atoms with Crippen LogP contribution in [0.25, 0.3) is 10.9 Å². The fourth-order valence-corrected chi connectivity index (χ4v) is 4.03. The van der Waals surface area contributed by atoms with Gasteiger partial charge in [0.15, 0.2) is 0 Å². The third-order valence-corrected chi connectivity index (χ3v) is 5.45. The minimum absolute atomic E-state index is 0.146. The smallest absolute Gasteiger partial charge is 0.341 e. The molecule has 1 aliphatic heterocycles. The summed E-state index contributed by atoms with van der Waals surface area (Å²) >= 11 is 2.15. The maximum atomic E-state index is 12.5. The van der Waals surface area contributed by atoms with Crippen LogP contribution in [-0.2, 0) is 6.54 Å². The number of aromatic nitrogens is 1. The Morgan fingerprint density at radius 3 is 2.92 bits per heavy atom. The van der Waals surface area contributed by atoms with Gasteiger partial charge in [0.1, 0.15) is 5.56 Å². The summed E-state index contributed by atoms with van der Waals surface area (Å²) < 4.78 is 2.89. The second-order valence-corrected chi connectivity index (χ2v) is 7.64. The first kappa shape index (κ1) is 17.4. The second kappa shape index (κ2) is 7.23. The van der Waals surface area contributed by atoms with Crippen LogP contribution < -0.4 is 5.43 Å². The van der Waals surface area contributed by atoms with E-state index in [-0.39, 0.29) is 5.56 Å². The van der Waals surface area contributed by atoms with Crippen LogP contribution in [0.3, 0.4) is 0 Å². The highest BCUT2D eigenvalue weighted by atomic mass is 127. The van der Waals surface area contributed by atoms with Crippen LogP contribution in [0.1, 0.15) is 30.1 Å². The van der Waals surface area contributed by atoms with Gasteiger partial charge >= 0.3 is 5.97 Å². The van der Waals surface area contributed by atoms with Gasteiger partial charge in [0.25, 0.3) is 0 Å². The molecule has 1 atom stereocenters. The molecule has 0 aliphatic carbocycles. The minimum Gasteiger partial charge on any atom is -0.477 e. The van der Waals surface area contributed by atoms with Crippen LogP contribution in [0, 0.1) is 9.49 Å². The van der Waals surface area contributed by atoms with Gasteiger partial charge in [-0.3, -0.25) is 4.79 Å². The zero-order valence-electron chi connectivity index (χ0n) is 13.7. The van der Waals surface area contributed by atoms with E-state index < -0.39 is 11.4 Å². The molecule has 2 heterocycles. The van der Waals surface area contributed by atoms with Crippen LogP contribution >= 0.6 is 22.6 Å². The van der Waals surface area contributed by atoms with Crippen LogP contribution in [0.15, 0.2) is 29.2 Å².